The van der Waals surface area contributed by atoms with E-state index in [1.165, 1.54) is 116 Å². The minimum atomic E-state index is -0.570. The summed E-state index contributed by atoms with van der Waals surface area (Å²) < 4.78 is 23.2. The van der Waals surface area contributed by atoms with Crippen LogP contribution >= 0.6 is 0 Å². The normalized spacial score (nSPS) is 12.8. The van der Waals surface area contributed by atoms with Crippen LogP contribution in [-0.2, 0) is 28.5 Å². The molecule has 0 heterocycles. The lowest BCUT2D eigenvalue weighted by molar-refractivity contribution is -0.166. The van der Waals surface area contributed by atoms with Crippen molar-refractivity contribution >= 4 is 11.9 Å². The lowest BCUT2D eigenvalue weighted by Crippen LogP contribution is -2.40. The Balaban J connectivity index is 4.46. The summed E-state index contributed by atoms with van der Waals surface area (Å²) in [4.78, 5) is 25.3. The number of methoxy groups -OCH3 is 1. The van der Waals surface area contributed by atoms with Gasteiger partial charge in [0.2, 0.25) is 0 Å². The van der Waals surface area contributed by atoms with Gasteiger partial charge < -0.3 is 18.9 Å². The van der Waals surface area contributed by atoms with E-state index in [0.29, 0.717) is 25.9 Å². The van der Waals surface area contributed by atoms with Crippen LogP contribution in [0, 0.1) is 0 Å². The first kappa shape index (κ1) is 43.9. The smallest absolute Gasteiger partial charge is 0.306 e. The molecule has 0 aromatic heterocycles. The molecule has 6 nitrogen and oxygen atoms in total. The maximum atomic E-state index is 12.8. The van der Waals surface area contributed by atoms with E-state index in [1.807, 2.05) is 27.7 Å². The van der Waals surface area contributed by atoms with Crippen LogP contribution in [0.1, 0.15) is 202 Å². The zero-order valence-corrected chi connectivity index (χ0v) is 31.1. The molecule has 0 saturated carbocycles. The molecule has 0 bridgehead atoms. The molecule has 0 aliphatic carbocycles. The number of hydrogen-bond acceptors (Lipinski definition) is 6. The Hall–Kier alpha value is -1.14. The van der Waals surface area contributed by atoms with Crippen LogP contribution in [0.5, 0.6) is 0 Å². The SMILES string of the molecule is CCCCCCCCCCCCCC(=O)OCC(CC(C)(C)OCC(C)(C)OC)OC(=O)CCCCCCCCCCCCC. The van der Waals surface area contributed by atoms with Gasteiger partial charge in [-0.05, 0) is 40.5 Å². The van der Waals surface area contributed by atoms with E-state index in [1.54, 1.807) is 7.11 Å². The number of ether oxygens (including phenoxy) is 4. The Morgan fingerprint density at radius 1 is 0.533 bits per heavy atom. The molecule has 0 aromatic rings. The lowest BCUT2D eigenvalue weighted by Gasteiger charge is -2.33. The van der Waals surface area contributed by atoms with Gasteiger partial charge in [0.25, 0.3) is 0 Å². The molecule has 0 saturated heterocycles. The van der Waals surface area contributed by atoms with E-state index in [-0.39, 0.29) is 18.5 Å². The Kier molecular flexibility index (Phi) is 28.3. The Morgan fingerprint density at radius 2 is 0.911 bits per heavy atom. The Bertz CT molecular complexity index is 689. The van der Waals surface area contributed by atoms with Crippen molar-refractivity contribution in [2.24, 2.45) is 0 Å². The van der Waals surface area contributed by atoms with E-state index in [2.05, 4.69) is 13.8 Å². The molecule has 0 rings (SSSR count). The average molecular weight is 641 g/mol. The van der Waals surface area contributed by atoms with Gasteiger partial charge in [0.15, 0.2) is 0 Å². The zero-order valence-electron chi connectivity index (χ0n) is 31.1. The van der Waals surface area contributed by atoms with Crippen LogP contribution in [0.25, 0.3) is 0 Å². The van der Waals surface area contributed by atoms with Crippen LogP contribution < -0.4 is 0 Å². The second-order valence-corrected chi connectivity index (χ2v) is 14.6. The monoisotopic (exact) mass is 641 g/mol. The van der Waals surface area contributed by atoms with Crippen molar-refractivity contribution in [2.45, 2.75) is 219 Å². The fraction of sp³-hybridized carbons (Fsp3) is 0.949. The minimum Gasteiger partial charge on any atom is -0.462 e. The molecule has 1 unspecified atom stereocenters. The molecule has 0 aliphatic heterocycles. The first-order chi connectivity index (χ1) is 21.5. The molecule has 0 radical (unpaired) electrons. The topological polar surface area (TPSA) is 71.1 Å². The second-order valence-electron chi connectivity index (χ2n) is 14.6. The standard InChI is InChI=1S/C39H76O6/c1-8-10-12-14-16-18-20-22-24-26-28-30-36(40)43-33-35(32-38(3,4)44-34-39(5,6)42-7)45-37(41)31-29-27-25-23-21-19-17-15-13-11-9-2/h35H,8-34H2,1-7H3. The molecular weight excluding hydrogens is 564 g/mol. The molecule has 6 heteroatoms. The number of rotatable bonds is 33. The van der Waals surface area contributed by atoms with Crippen LogP contribution in [0.15, 0.2) is 0 Å². The summed E-state index contributed by atoms with van der Waals surface area (Å²) in [6, 6.07) is 0. The first-order valence-electron chi connectivity index (χ1n) is 19.1. The van der Waals surface area contributed by atoms with E-state index in [0.717, 1.165) is 25.7 Å². The van der Waals surface area contributed by atoms with Gasteiger partial charge >= 0.3 is 11.9 Å². The van der Waals surface area contributed by atoms with Gasteiger partial charge in [-0.15, -0.1) is 0 Å². The highest BCUT2D eigenvalue weighted by Gasteiger charge is 2.30. The molecule has 0 fully saturated rings. The fourth-order valence-electron chi connectivity index (χ4n) is 5.54. The molecule has 268 valence electrons. The zero-order chi connectivity index (χ0) is 33.7. The van der Waals surface area contributed by atoms with Gasteiger partial charge in [-0.25, -0.2) is 0 Å². The second kappa shape index (κ2) is 29.0. The summed E-state index contributed by atoms with van der Waals surface area (Å²) in [5, 5.41) is 0. The maximum absolute atomic E-state index is 12.8. The lowest BCUT2D eigenvalue weighted by atomic mass is 10.00. The fourth-order valence-corrected chi connectivity index (χ4v) is 5.54. The van der Waals surface area contributed by atoms with Crippen LogP contribution in [-0.4, -0.2) is 49.6 Å². The minimum absolute atomic E-state index is 0.0708. The summed E-state index contributed by atoms with van der Waals surface area (Å²) in [7, 11) is 1.67. The van der Waals surface area contributed by atoms with Crippen molar-refractivity contribution in [3.8, 4) is 0 Å². The van der Waals surface area contributed by atoms with E-state index >= 15 is 0 Å². The van der Waals surface area contributed by atoms with E-state index < -0.39 is 17.3 Å². The summed E-state index contributed by atoms with van der Waals surface area (Å²) in [6.45, 7) is 12.9. The van der Waals surface area contributed by atoms with Crippen LogP contribution in [0.3, 0.4) is 0 Å². The summed E-state index contributed by atoms with van der Waals surface area (Å²) >= 11 is 0. The number of carbonyl (C=O) groups is 2. The third-order valence-electron chi connectivity index (χ3n) is 8.78. The number of carbonyl (C=O) groups excluding carboxylic acids is 2. The van der Waals surface area contributed by atoms with Crippen molar-refractivity contribution < 1.29 is 28.5 Å². The molecule has 0 spiro atoms. The highest BCUT2D eigenvalue weighted by molar-refractivity contribution is 5.70. The number of hydrogen-bond donors (Lipinski definition) is 0. The maximum Gasteiger partial charge on any atom is 0.306 e. The van der Waals surface area contributed by atoms with Crippen molar-refractivity contribution in [1.29, 1.82) is 0 Å². The van der Waals surface area contributed by atoms with Crippen LogP contribution in [0.4, 0.5) is 0 Å². The molecule has 45 heavy (non-hydrogen) atoms. The van der Waals surface area contributed by atoms with Gasteiger partial charge in [-0.3, -0.25) is 9.59 Å². The van der Waals surface area contributed by atoms with Gasteiger partial charge in [0, 0.05) is 26.4 Å². The quantitative estimate of drug-likeness (QED) is 0.0525. The third-order valence-corrected chi connectivity index (χ3v) is 8.78. The molecule has 0 aromatic carbocycles. The predicted molar refractivity (Wildman–Crippen MR) is 189 cm³/mol. The summed E-state index contributed by atoms with van der Waals surface area (Å²) in [5.41, 5.74) is -0.987. The Morgan fingerprint density at radius 3 is 1.31 bits per heavy atom. The van der Waals surface area contributed by atoms with Gasteiger partial charge in [-0.2, -0.15) is 0 Å². The molecule has 0 aliphatic rings. The molecule has 1 atom stereocenters. The Labute approximate surface area is 279 Å². The van der Waals surface area contributed by atoms with E-state index in [4.69, 9.17) is 18.9 Å². The number of esters is 2. The van der Waals surface area contributed by atoms with Crippen molar-refractivity contribution in [3.05, 3.63) is 0 Å². The predicted octanol–water partition coefficient (Wildman–Crippen LogP) is 11.5. The molecule has 0 amide bonds. The van der Waals surface area contributed by atoms with Gasteiger partial charge in [0.05, 0.1) is 17.8 Å². The highest BCUT2D eigenvalue weighted by atomic mass is 16.6. The van der Waals surface area contributed by atoms with Gasteiger partial charge in [-0.1, -0.05) is 142 Å². The largest absolute Gasteiger partial charge is 0.462 e. The highest BCUT2D eigenvalue weighted by Crippen LogP contribution is 2.23. The first-order valence-corrected chi connectivity index (χ1v) is 19.1. The van der Waals surface area contributed by atoms with Gasteiger partial charge in [0.1, 0.15) is 12.7 Å². The molecular formula is C39H76O6. The van der Waals surface area contributed by atoms with Crippen molar-refractivity contribution in [1.82, 2.24) is 0 Å². The van der Waals surface area contributed by atoms with Crippen molar-refractivity contribution in [3.63, 3.8) is 0 Å². The van der Waals surface area contributed by atoms with E-state index in [9.17, 15) is 9.59 Å². The molecule has 0 N–H and O–H groups in total. The average Bonchev–Trinajstić information content (AvgIpc) is 3.00. The summed E-state index contributed by atoms with van der Waals surface area (Å²) in [5.74, 6) is -0.429. The number of unbranched alkanes of at least 4 members (excludes halogenated alkanes) is 20. The summed E-state index contributed by atoms with van der Waals surface area (Å²) in [6.07, 6.45) is 28.0. The van der Waals surface area contributed by atoms with Crippen LogP contribution in [0.2, 0.25) is 0 Å². The third kappa shape index (κ3) is 30.0. The van der Waals surface area contributed by atoms with Crippen molar-refractivity contribution in [2.75, 3.05) is 20.3 Å².